The summed E-state index contributed by atoms with van der Waals surface area (Å²) in [5.74, 6) is 2.42. The lowest BCUT2D eigenvalue weighted by atomic mass is 9.64. The van der Waals surface area contributed by atoms with E-state index in [1.165, 1.54) is 12.7 Å². The highest BCUT2D eigenvalue weighted by Crippen LogP contribution is 2.60. The number of hydrogen-bond donors (Lipinski definition) is 8. The highest BCUT2D eigenvalue weighted by Gasteiger charge is 2.51. The van der Waals surface area contributed by atoms with Crippen LogP contribution in [0, 0.1) is 5.92 Å². The van der Waals surface area contributed by atoms with Crippen molar-refractivity contribution >= 4 is 17.0 Å². The third kappa shape index (κ3) is 7.60. The molecule has 3 heterocycles. The van der Waals surface area contributed by atoms with Crippen LogP contribution in [0.5, 0.6) is 28.7 Å². The molecule has 2 aliphatic heterocycles. The molecule has 9 rings (SSSR count). The first kappa shape index (κ1) is 42.2. The summed E-state index contributed by atoms with van der Waals surface area (Å²) >= 11 is 0. The molecule has 0 fully saturated rings. The first-order chi connectivity index (χ1) is 29.9. The number of aliphatic hydroxyl groups excluding tert-OH is 1. The Labute approximate surface area is 363 Å². The van der Waals surface area contributed by atoms with Gasteiger partial charge in [0.25, 0.3) is 0 Å². The minimum atomic E-state index is -0.989. The number of ether oxygens (including phenoxy) is 4. The molecule has 62 heavy (non-hydrogen) atoms. The summed E-state index contributed by atoms with van der Waals surface area (Å²) < 4.78 is 26.9. The summed E-state index contributed by atoms with van der Waals surface area (Å²) in [7, 11) is 3.39. The average molecular weight is 845 g/mol. The van der Waals surface area contributed by atoms with Crippen LogP contribution in [-0.4, -0.2) is 90.0 Å². The maximum absolute atomic E-state index is 11.4. The highest BCUT2D eigenvalue weighted by molar-refractivity contribution is 5.89. The Hall–Kier alpha value is -5.08. The van der Waals surface area contributed by atoms with Gasteiger partial charge in [-0.05, 0) is 121 Å². The molecule has 1 aromatic heterocycles. The van der Waals surface area contributed by atoms with Gasteiger partial charge in [0, 0.05) is 66.1 Å². The molecular formula is C50H60N4O8. The monoisotopic (exact) mass is 844 g/mol. The second-order valence-corrected chi connectivity index (χ2v) is 18.3. The third-order valence-corrected chi connectivity index (χ3v) is 13.3. The fourth-order valence-electron chi connectivity index (χ4n) is 10.8. The molecule has 0 spiro atoms. The van der Waals surface area contributed by atoms with E-state index in [1.54, 1.807) is 12.1 Å². The van der Waals surface area contributed by atoms with Gasteiger partial charge in [0.15, 0.2) is 17.6 Å². The molecule has 4 aliphatic rings. The van der Waals surface area contributed by atoms with E-state index in [9.17, 15) is 20.4 Å². The van der Waals surface area contributed by atoms with Crippen molar-refractivity contribution in [3.63, 3.8) is 0 Å². The normalized spacial score (nSPS) is 23.2. The molecule has 12 nitrogen and oxygen atoms in total. The molecule has 0 bridgehead atoms. The van der Waals surface area contributed by atoms with Crippen LogP contribution in [0.3, 0.4) is 0 Å². The molecule has 6 atom stereocenters. The number of phenolic OH excluding ortho intramolecular Hbond substituents is 2. The Morgan fingerprint density at radius 3 is 2.58 bits per heavy atom. The van der Waals surface area contributed by atoms with Crippen molar-refractivity contribution in [1.29, 1.82) is 0 Å². The number of allylic oxidation sites excluding steroid dienone is 1. The minimum absolute atomic E-state index is 0.0148. The van der Waals surface area contributed by atoms with Crippen LogP contribution >= 0.6 is 0 Å². The van der Waals surface area contributed by atoms with Gasteiger partial charge in [-0.1, -0.05) is 44.2 Å². The summed E-state index contributed by atoms with van der Waals surface area (Å²) in [5.41, 5.74) is 8.22. The topological polar surface area (TPSA) is 170 Å². The largest absolute Gasteiger partial charge is 0.507 e. The predicted molar refractivity (Wildman–Crippen MR) is 240 cm³/mol. The Morgan fingerprint density at radius 2 is 1.79 bits per heavy atom. The number of hydrogen-bond acceptors (Lipinski definition) is 11. The smallest absolute Gasteiger partial charge is 0.160 e. The zero-order valence-electron chi connectivity index (χ0n) is 36.3. The summed E-state index contributed by atoms with van der Waals surface area (Å²) in [5, 5.41) is 55.1. The van der Waals surface area contributed by atoms with Gasteiger partial charge in [-0.3, -0.25) is 5.32 Å². The van der Waals surface area contributed by atoms with E-state index in [-0.39, 0.29) is 42.8 Å². The number of phenols is 2. The van der Waals surface area contributed by atoms with Crippen LogP contribution in [0.4, 0.5) is 0 Å². The van der Waals surface area contributed by atoms with Crippen molar-refractivity contribution in [3.05, 3.63) is 106 Å². The van der Waals surface area contributed by atoms with E-state index in [0.717, 1.165) is 66.9 Å². The fourth-order valence-corrected chi connectivity index (χ4v) is 10.8. The molecule has 5 aromatic rings. The minimum Gasteiger partial charge on any atom is -0.507 e. The third-order valence-electron chi connectivity index (χ3n) is 13.3. The van der Waals surface area contributed by atoms with E-state index in [0.29, 0.717) is 63.5 Å². The van der Waals surface area contributed by atoms with Crippen LogP contribution < -0.4 is 30.2 Å². The molecular weight excluding hydrogens is 785 g/mol. The number of methoxy groups -OCH3 is 1. The van der Waals surface area contributed by atoms with Gasteiger partial charge in [0.2, 0.25) is 0 Å². The van der Waals surface area contributed by atoms with Crippen molar-refractivity contribution < 1.29 is 39.4 Å². The number of aromatic amines is 1. The fraction of sp³-hybridized carbons (Fsp3) is 0.440. The zero-order valence-corrected chi connectivity index (χ0v) is 36.3. The molecule has 0 saturated heterocycles. The zero-order chi connectivity index (χ0) is 43.3. The molecule has 2 aliphatic carbocycles. The number of nitrogens with one attached hydrogen (secondary N) is 4. The summed E-state index contributed by atoms with van der Waals surface area (Å²) in [6.45, 7) is 7.40. The van der Waals surface area contributed by atoms with Crippen molar-refractivity contribution in [3.8, 4) is 39.9 Å². The Kier molecular flexibility index (Phi) is 11.5. The molecule has 12 heteroatoms. The maximum Gasteiger partial charge on any atom is 0.160 e. The predicted octanol–water partition coefficient (Wildman–Crippen LogP) is 6.93. The Bertz CT molecular complexity index is 2490. The number of H-pyrrole nitrogens is 1. The van der Waals surface area contributed by atoms with Gasteiger partial charge in [0.05, 0.1) is 26.0 Å². The number of aromatic nitrogens is 1. The highest BCUT2D eigenvalue weighted by atomic mass is 16.6. The maximum atomic E-state index is 11.4. The van der Waals surface area contributed by atoms with Crippen LogP contribution in [0.15, 0.2) is 66.9 Å². The lowest BCUT2D eigenvalue weighted by Gasteiger charge is -2.48. The quantitative estimate of drug-likeness (QED) is 0.0406. The van der Waals surface area contributed by atoms with Gasteiger partial charge in [-0.2, -0.15) is 0 Å². The van der Waals surface area contributed by atoms with Crippen LogP contribution in [0.1, 0.15) is 90.5 Å². The van der Waals surface area contributed by atoms with Gasteiger partial charge in [0.1, 0.15) is 29.0 Å². The lowest BCUT2D eigenvalue weighted by molar-refractivity contribution is -0.129. The van der Waals surface area contributed by atoms with Crippen molar-refractivity contribution in [2.45, 2.75) is 88.1 Å². The van der Waals surface area contributed by atoms with E-state index < -0.39 is 17.3 Å². The number of aromatic hydroxyl groups is 2. The number of aliphatic hydroxyl groups is 2. The summed E-state index contributed by atoms with van der Waals surface area (Å²) in [6, 6.07) is 17.8. The number of rotatable bonds is 15. The second kappa shape index (κ2) is 16.9. The van der Waals surface area contributed by atoms with E-state index in [1.807, 2.05) is 38.4 Å². The Balaban J connectivity index is 1.20. The standard InChI is InChI=1S/C50H60N4O8/c1-28(2)21-49(3,58)24-52-26-53-25-50(60-27-51-4)22-39-38-20-37-33(29-6-13-40-30(18-29)16-17-54-40)10-11-34-41(56)15-12-35(44(34)37)45(38)47-36(9-8-32(23-55)61-47)46(39)62-48(50)31-7-14-42(57)43(19-31)59-5/h6-7,10-19,28,32-33,37,48,51-58H,8-9,20-27H2,1-5H3/t32-,33-,37+,48-,49+,50+/m1/s1. The van der Waals surface area contributed by atoms with Crippen molar-refractivity contribution in [1.82, 2.24) is 20.9 Å². The molecule has 0 radical (unpaired) electrons. The second-order valence-electron chi connectivity index (χ2n) is 18.3. The van der Waals surface area contributed by atoms with Gasteiger partial charge in [-0.25, -0.2) is 0 Å². The van der Waals surface area contributed by atoms with E-state index in [2.05, 4.69) is 71.2 Å². The Morgan fingerprint density at radius 1 is 0.968 bits per heavy atom. The summed E-state index contributed by atoms with van der Waals surface area (Å²) in [6.07, 6.45) is 8.27. The molecule has 8 N–H and O–H groups in total. The van der Waals surface area contributed by atoms with Crippen LogP contribution in [0.25, 0.3) is 28.1 Å². The van der Waals surface area contributed by atoms with Crippen LogP contribution in [0.2, 0.25) is 0 Å². The molecule has 0 amide bonds. The number of fused-ring (bicyclic) bond motifs is 8. The van der Waals surface area contributed by atoms with E-state index >= 15 is 0 Å². The molecule has 0 unspecified atom stereocenters. The van der Waals surface area contributed by atoms with Crippen LogP contribution in [-0.2, 0) is 24.0 Å². The van der Waals surface area contributed by atoms with Gasteiger partial charge >= 0.3 is 0 Å². The molecule has 328 valence electrons. The van der Waals surface area contributed by atoms with Crippen molar-refractivity contribution in [2.75, 3.05) is 47.3 Å². The van der Waals surface area contributed by atoms with Crippen molar-refractivity contribution in [2.24, 2.45) is 5.92 Å². The molecule has 0 saturated carbocycles. The first-order valence-corrected chi connectivity index (χ1v) is 22.0. The van der Waals surface area contributed by atoms with E-state index in [4.69, 9.17) is 18.9 Å². The average Bonchev–Trinajstić information content (AvgIpc) is 3.74. The first-order valence-electron chi connectivity index (χ1n) is 22.0. The summed E-state index contributed by atoms with van der Waals surface area (Å²) in [4.78, 5) is 3.33. The van der Waals surface area contributed by atoms with Gasteiger partial charge in [-0.15, -0.1) is 0 Å². The lowest BCUT2D eigenvalue weighted by Crippen LogP contribution is -2.56. The number of benzene rings is 4. The van der Waals surface area contributed by atoms with Gasteiger partial charge < -0.3 is 55.0 Å². The molecule has 4 aromatic carbocycles. The SMILES string of the molecule is CNCO[C@]1(CNCNC[C@@](C)(O)CC(C)C)Cc2c3c(c4c(c2O[C@@H]1c1ccc(O)c(OC)c1)CC[C@H](CO)O4)-c1ccc(O)c2c1[C@@H](C3)[C@@H](c1ccc3[nH]ccc3c1)C=C2.